The van der Waals surface area contributed by atoms with Gasteiger partial charge in [0.15, 0.2) is 11.5 Å². The number of amides is 2. The quantitative estimate of drug-likeness (QED) is 0.418. The highest BCUT2D eigenvalue weighted by Crippen LogP contribution is 2.39. The van der Waals surface area contributed by atoms with Gasteiger partial charge in [-0.1, -0.05) is 41.9 Å². The van der Waals surface area contributed by atoms with Gasteiger partial charge in [0.05, 0.1) is 22.6 Å². The molecule has 164 valence electrons. The van der Waals surface area contributed by atoms with Gasteiger partial charge >= 0.3 is 0 Å². The van der Waals surface area contributed by atoms with E-state index in [-0.39, 0.29) is 17.3 Å². The molecule has 31 heavy (non-hydrogen) atoms. The van der Waals surface area contributed by atoms with Crippen LogP contribution in [0.25, 0.3) is 6.08 Å². The summed E-state index contributed by atoms with van der Waals surface area (Å²) >= 11 is 7.36. The fourth-order valence-corrected chi connectivity index (χ4v) is 4.34. The van der Waals surface area contributed by atoms with Gasteiger partial charge in [-0.3, -0.25) is 14.5 Å². The number of imide groups is 1. The van der Waals surface area contributed by atoms with Crippen molar-refractivity contribution in [3.63, 3.8) is 0 Å². The van der Waals surface area contributed by atoms with E-state index in [1.807, 2.05) is 51.1 Å². The average Bonchev–Trinajstić information content (AvgIpc) is 2.99. The third kappa shape index (κ3) is 6.05. The first kappa shape index (κ1) is 23.2. The Morgan fingerprint density at radius 3 is 2.58 bits per heavy atom. The highest BCUT2D eigenvalue weighted by molar-refractivity contribution is 8.18. The first-order valence-corrected chi connectivity index (χ1v) is 11.5. The number of aryl methyl sites for hydroxylation is 1. The number of rotatable bonds is 9. The van der Waals surface area contributed by atoms with Crippen molar-refractivity contribution in [2.45, 2.75) is 39.7 Å². The van der Waals surface area contributed by atoms with Crippen LogP contribution in [-0.2, 0) is 11.2 Å². The second-order valence-corrected chi connectivity index (χ2v) is 8.75. The largest absolute Gasteiger partial charge is 0.490 e. The summed E-state index contributed by atoms with van der Waals surface area (Å²) in [5.41, 5.74) is 1.87. The zero-order valence-corrected chi connectivity index (χ0v) is 19.5. The van der Waals surface area contributed by atoms with Crippen molar-refractivity contribution < 1.29 is 19.1 Å². The van der Waals surface area contributed by atoms with E-state index < -0.39 is 0 Å². The van der Waals surface area contributed by atoms with Crippen LogP contribution in [0.2, 0.25) is 5.02 Å². The van der Waals surface area contributed by atoms with E-state index in [0.29, 0.717) is 40.1 Å². The lowest BCUT2D eigenvalue weighted by Crippen LogP contribution is -2.29. The molecule has 1 heterocycles. The molecular formula is C24H26ClNO4S. The fraction of sp³-hybridized carbons (Fsp3) is 0.333. The van der Waals surface area contributed by atoms with Gasteiger partial charge in [-0.25, -0.2) is 0 Å². The standard InChI is InChI=1S/C24H26ClNO4S/c1-4-29-20-14-18(13-19(25)22(20)30-16(2)3)15-21-23(27)26(24(28)31-21)12-8-11-17-9-6-5-7-10-17/h5-7,9-10,13-16H,4,8,11-12H2,1-3H3/b21-15+. The van der Waals surface area contributed by atoms with Crippen LogP contribution >= 0.6 is 23.4 Å². The Balaban J connectivity index is 1.74. The second kappa shape index (κ2) is 10.7. The van der Waals surface area contributed by atoms with Crippen LogP contribution < -0.4 is 9.47 Å². The molecule has 0 saturated carbocycles. The van der Waals surface area contributed by atoms with Crippen LogP contribution in [0, 0.1) is 0 Å². The number of nitrogens with zero attached hydrogens (tertiary/aromatic N) is 1. The first-order chi connectivity index (χ1) is 14.9. The van der Waals surface area contributed by atoms with Gasteiger partial charge in [0.2, 0.25) is 0 Å². The normalized spacial score (nSPS) is 15.3. The number of thioether (sulfide) groups is 1. The van der Waals surface area contributed by atoms with E-state index in [9.17, 15) is 9.59 Å². The van der Waals surface area contributed by atoms with Gasteiger partial charge in [0, 0.05) is 6.54 Å². The molecule has 2 amide bonds. The fourth-order valence-electron chi connectivity index (χ4n) is 3.21. The van der Waals surface area contributed by atoms with E-state index in [4.69, 9.17) is 21.1 Å². The number of ether oxygens (including phenoxy) is 2. The van der Waals surface area contributed by atoms with E-state index in [0.717, 1.165) is 24.6 Å². The Hall–Kier alpha value is -2.44. The van der Waals surface area contributed by atoms with Crippen LogP contribution in [0.3, 0.4) is 0 Å². The van der Waals surface area contributed by atoms with Crippen molar-refractivity contribution in [3.8, 4) is 11.5 Å². The summed E-state index contributed by atoms with van der Waals surface area (Å²) < 4.78 is 11.5. The maximum atomic E-state index is 12.8. The molecule has 0 aliphatic carbocycles. The molecule has 1 aliphatic heterocycles. The van der Waals surface area contributed by atoms with Crippen molar-refractivity contribution in [1.29, 1.82) is 0 Å². The van der Waals surface area contributed by atoms with Crippen LogP contribution in [-0.4, -0.2) is 35.3 Å². The molecule has 7 heteroatoms. The average molecular weight is 460 g/mol. The van der Waals surface area contributed by atoms with Crippen molar-refractivity contribution in [1.82, 2.24) is 4.90 Å². The van der Waals surface area contributed by atoms with Crippen molar-refractivity contribution in [3.05, 3.63) is 63.5 Å². The number of halogens is 1. The molecule has 0 N–H and O–H groups in total. The molecule has 2 aromatic carbocycles. The Bertz CT molecular complexity index is 975. The lowest BCUT2D eigenvalue weighted by Gasteiger charge is -2.16. The number of carbonyl (C=O) groups is 2. The predicted octanol–water partition coefficient (Wildman–Crippen LogP) is 6.20. The smallest absolute Gasteiger partial charge is 0.293 e. The molecule has 1 fully saturated rings. The van der Waals surface area contributed by atoms with Crippen LogP contribution in [0.1, 0.15) is 38.3 Å². The van der Waals surface area contributed by atoms with Gasteiger partial charge in [-0.15, -0.1) is 0 Å². The molecule has 5 nitrogen and oxygen atoms in total. The van der Waals surface area contributed by atoms with Gasteiger partial charge in [-0.05, 0) is 74.7 Å². The highest BCUT2D eigenvalue weighted by Gasteiger charge is 2.34. The van der Waals surface area contributed by atoms with E-state index in [2.05, 4.69) is 0 Å². The number of carbonyl (C=O) groups excluding carboxylic acids is 2. The van der Waals surface area contributed by atoms with Gasteiger partial charge in [0.25, 0.3) is 11.1 Å². The summed E-state index contributed by atoms with van der Waals surface area (Å²) in [5, 5.41) is 0.146. The third-order valence-electron chi connectivity index (χ3n) is 4.55. The van der Waals surface area contributed by atoms with Crippen molar-refractivity contribution >= 4 is 40.6 Å². The van der Waals surface area contributed by atoms with Gasteiger partial charge < -0.3 is 9.47 Å². The molecule has 0 bridgehead atoms. The SMILES string of the molecule is CCOc1cc(/C=C2/SC(=O)N(CCCc3ccccc3)C2=O)cc(Cl)c1OC(C)C. The summed E-state index contributed by atoms with van der Waals surface area (Å²) in [5.74, 6) is 0.710. The Morgan fingerprint density at radius 1 is 1.16 bits per heavy atom. The maximum absolute atomic E-state index is 12.8. The van der Waals surface area contributed by atoms with E-state index >= 15 is 0 Å². The lowest BCUT2D eigenvalue weighted by molar-refractivity contribution is -0.122. The molecule has 3 rings (SSSR count). The molecule has 0 atom stereocenters. The minimum absolute atomic E-state index is 0.0602. The summed E-state index contributed by atoms with van der Waals surface area (Å²) in [6, 6.07) is 13.5. The minimum Gasteiger partial charge on any atom is -0.490 e. The topological polar surface area (TPSA) is 55.8 Å². The molecule has 1 aliphatic rings. The van der Waals surface area contributed by atoms with E-state index in [1.54, 1.807) is 18.2 Å². The van der Waals surface area contributed by atoms with Crippen LogP contribution in [0.4, 0.5) is 4.79 Å². The van der Waals surface area contributed by atoms with Crippen molar-refractivity contribution in [2.75, 3.05) is 13.2 Å². The molecule has 0 radical (unpaired) electrons. The van der Waals surface area contributed by atoms with Crippen LogP contribution in [0.5, 0.6) is 11.5 Å². The minimum atomic E-state index is -0.278. The summed E-state index contributed by atoms with van der Waals surface area (Å²) in [4.78, 5) is 26.9. The zero-order chi connectivity index (χ0) is 22.4. The Kier molecular flexibility index (Phi) is 8.04. The second-order valence-electron chi connectivity index (χ2n) is 7.35. The highest BCUT2D eigenvalue weighted by atomic mass is 35.5. The number of benzene rings is 2. The molecule has 0 aromatic heterocycles. The monoisotopic (exact) mass is 459 g/mol. The van der Waals surface area contributed by atoms with Gasteiger partial charge in [0.1, 0.15) is 0 Å². The number of hydrogen-bond acceptors (Lipinski definition) is 5. The molecule has 1 saturated heterocycles. The third-order valence-corrected chi connectivity index (χ3v) is 5.73. The lowest BCUT2D eigenvalue weighted by atomic mass is 10.1. The maximum Gasteiger partial charge on any atom is 0.293 e. The zero-order valence-electron chi connectivity index (χ0n) is 17.9. The Morgan fingerprint density at radius 2 is 1.90 bits per heavy atom. The van der Waals surface area contributed by atoms with Crippen molar-refractivity contribution in [2.24, 2.45) is 0 Å². The molecule has 0 unspecified atom stereocenters. The molecule has 0 spiro atoms. The molecule has 2 aromatic rings. The summed E-state index contributed by atoms with van der Waals surface area (Å²) in [7, 11) is 0. The van der Waals surface area contributed by atoms with Gasteiger partial charge in [-0.2, -0.15) is 0 Å². The first-order valence-electron chi connectivity index (χ1n) is 10.3. The summed E-state index contributed by atoms with van der Waals surface area (Å²) in [6.45, 7) is 6.54. The molecular weight excluding hydrogens is 434 g/mol. The Labute approximate surface area is 192 Å². The summed E-state index contributed by atoms with van der Waals surface area (Å²) in [6.07, 6.45) is 3.15. The number of hydrogen-bond donors (Lipinski definition) is 0. The van der Waals surface area contributed by atoms with E-state index in [1.165, 1.54) is 10.5 Å². The van der Waals surface area contributed by atoms with Crippen LogP contribution in [0.15, 0.2) is 47.4 Å². The predicted molar refractivity (Wildman–Crippen MR) is 126 cm³/mol.